The number of aromatic nitrogens is 4. The van der Waals surface area contributed by atoms with Gasteiger partial charge >= 0.3 is 0 Å². The molecule has 4 aromatic rings. The third-order valence-corrected chi connectivity index (χ3v) is 6.35. The van der Waals surface area contributed by atoms with Crippen LogP contribution in [-0.2, 0) is 16.6 Å². The zero-order valence-electron chi connectivity index (χ0n) is 21.0. The van der Waals surface area contributed by atoms with Crippen molar-refractivity contribution in [3.8, 4) is 22.8 Å². The lowest BCUT2D eigenvalue weighted by Gasteiger charge is -2.26. The van der Waals surface area contributed by atoms with Crippen LogP contribution >= 0.6 is 0 Å². The van der Waals surface area contributed by atoms with Crippen LogP contribution in [0.1, 0.15) is 19.8 Å². The number of nitrogens with one attached hydrogen (secondary N) is 1. The molecule has 190 valence electrons. The summed E-state index contributed by atoms with van der Waals surface area (Å²) in [6.45, 7) is 2.87. The molecule has 0 saturated carbocycles. The van der Waals surface area contributed by atoms with Crippen LogP contribution in [0.25, 0.3) is 22.2 Å². The number of carbonyl (C=O) groups is 1. The Bertz CT molecular complexity index is 1520. The first-order valence-corrected chi connectivity index (χ1v) is 12.1. The molecule has 4 heterocycles. The average molecular weight is 501 g/mol. The summed E-state index contributed by atoms with van der Waals surface area (Å²) in [5.41, 5.74) is 1.58. The lowest BCUT2D eigenvalue weighted by Crippen LogP contribution is -2.38. The van der Waals surface area contributed by atoms with Crippen LogP contribution in [0.5, 0.6) is 11.5 Å². The highest BCUT2D eigenvalue weighted by Crippen LogP contribution is 2.28. The van der Waals surface area contributed by atoms with Gasteiger partial charge in [0.2, 0.25) is 11.9 Å². The zero-order chi connectivity index (χ0) is 25.9. The maximum atomic E-state index is 13.3. The lowest BCUT2D eigenvalue weighted by molar-refractivity contribution is -0.114. The highest BCUT2D eigenvalue weighted by atomic mass is 16.5. The number of nitrogens with zero attached hydrogens (tertiary/aromatic N) is 5. The molecular formula is C27H28N6O4. The molecule has 0 unspecified atom stereocenters. The maximum Gasteiger partial charge on any atom is 0.264 e. The summed E-state index contributed by atoms with van der Waals surface area (Å²) in [5.74, 6) is 2.01. The molecule has 0 aliphatic carbocycles. The van der Waals surface area contributed by atoms with Crippen molar-refractivity contribution < 1.29 is 14.3 Å². The molecule has 10 nitrogen and oxygen atoms in total. The predicted octanol–water partition coefficient (Wildman–Crippen LogP) is 3.76. The normalized spacial score (nSPS) is 15.2. The number of hydrogen-bond donors (Lipinski definition) is 1. The molecule has 1 N–H and O–H groups in total. The van der Waals surface area contributed by atoms with Gasteiger partial charge in [0.05, 0.1) is 29.4 Å². The van der Waals surface area contributed by atoms with Crippen LogP contribution in [-0.4, -0.2) is 51.7 Å². The number of ether oxygens (including phenoxy) is 2. The van der Waals surface area contributed by atoms with Gasteiger partial charge in [0, 0.05) is 51.5 Å². The molecule has 1 aromatic carbocycles. The Balaban J connectivity index is 1.40. The van der Waals surface area contributed by atoms with Gasteiger partial charge in [-0.05, 0) is 43.2 Å². The molecular weight excluding hydrogens is 472 g/mol. The first-order chi connectivity index (χ1) is 17.9. The second-order valence-electron chi connectivity index (χ2n) is 8.99. The van der Waals surface area contributed by atoms with Gasteiger partial charge in [-0.15, -0.1) is 0 Å². The smallest absolute Gasteiger partial charge is 0.264 e. The fourth-order valence-corrected chi connectivity index (χ4v) is 4.62. The third kappa shape index (κ3) is 5.14. The molecule has 1 saturated heterocycles. The van der Waals surface area contributed by atoms with E-state index in [1.165, 1.54) is 6.92 Å². The topological polar surface area (TPSA) is 111 Å². The van der Waals surface area contributed by atoms with Crippen molar-refractivity contribution in [2.45, 2.75) is 25.8 Å². The van der Waals surface area contributed by atoms with Crippen LogP contribution in [0.3, 0.4) is 0 Å². The standard InChI is InChI=1S/C27H28N6O4/c1-17(34)30-25-14-21(10-11-28-25)37-20-7-9-23-18(13-20)6-8-24(31-23)22-15-29-27(32(2)26(22)35)33-12-4-5-19(33)16-36-3/h6-11,13-15,19H,4-5,12,16H2,1-3H3,(H,28,30,34)/t19-/m1/s1. The Morgan fingerprint density at radius 1 is 1.14 bits per heavy atom. The molecule has 5 rings (SSSR count). The summed E-state index contributed by atoms with van der Waals surface area (Å²) in [6.07, 6.45) is 5.24. The van der Waals surface area contributed by atoms with Crippen LogP contribution < -0.4 is 20.5 Å². The number of carbonyl (C=O) groups excluding carboxylic acids is 1. The van der Waals surface area contributed by atoms with Crippen molar-refractivity contribution in [2.24, 2.45) is 7.05 Å². The summed E-state index contributed by atoms with van der Waals surface area (Å²) in [4.78, 5) is 40.2. The van der Waals surface area contributed by atoms with E-state index in [2.05, 4.69) is 20.2 Å². The first-order valence-electron chi connectivity index (χ1n) is 12.1. The molecule has 37 heavy (non-hydrogen) atoms. The van der Waals surface area contributed by atoms with E-state index in [9.17, 15) is 9.59 Å². The van der Waals surface area contributed by atoms with Crippen molar-refractivity contribution in [3.05, 3.63) is 65.2 Å². The highest BCUT2D eigenvalue weighted by molar-refractivity contribution is 5.87. The average Bonchev–Trinajstić information content (AvgIpc) is 3.33. The summed E-state index contributed by atoms with van der Waals surface area (Å²) in [6, 6.07) is 12.8. The minimum absolute atomic E-state index is 0.146. The van der Waals surface area contributed by atoms with Crippen LogP contribution in [0.2, 0.25) is 0 Å². The van der Waals surface area contributed by atoms with E-state index in [4.69, 9.17) is 14.5 Å². The van der Waals surface area contributed by atoms with E-state index in [1.807, 2.05) is 24.3 Å². The molecule has 1 aliphatic rings. The fraction of sp³-hybridized carbons (Fsp3) is 0.296. The second-order valence-corrected chi connectivity index (χ2v) is 8.99. The highest BCUT2D eigenvalue weighted by Gasteiger charge is 2.28. The van der Waals surface area contributed by atoms with Crippen LogP contribution in [0.15, 0.2) is 59.7 Å². The van der Waals surface area contributed by atoms with Gasteiger partial charge in [0.15, 0.2) is 0 Å². The van der Waals surface area contributed by atoms with E-state index in [0.717, 1.165) is 30.3 Å². The Hall–Kier alpha value is -4.31. The van der Waals surface area contributed by atoms with Gasteiger partial charge in [0.1, 0.15) is 17.3 Å². The number of pyridine rings is 2. The van der Waals surface area contributed by atoms with Crippen LogP contribution in [0, 0.1) is 0 Å². The Morgan fingerprint density at radius 2 is 1.97 bits per heavy atom. The molecule has 3 aromatic heterocycles. The molecule has 0 spiro atoms. The quantitative estimate of drug-likeness (QED) is 0.408. The van der Waals surface area contributed by atoms with E-state index in [1.54, 1.807) is 49.3 Å². The largest absolute Gasteiger partial charge is 0.457 e. The van der Waals surface area contributed by atoms with Crippen molar-refractivity contribution in [3.63, 3.8) is 0 Å². The SMILES string of the molecule is COC[C@H]1CCCN1c1ncc(-c2ccc3cc(Oc4ccnc(NC(C)=O)c4)ccc3n2)c(=O)n1C. The number of amides is 1. The second kappa shape index (κ2) is 10.4. The van der Waals surface area contributed by atoms with Crippen LogP contribution in [0.4, 0.5) is 11.8 Å². The molecule has 1 fully saturated rings. The van der Waals surface area contributed by atoms with E-state index in [0.29, 0.717) is 41.1 Å². The van der Waals surface area contributed by atoms with Gasteiger partial charge in [0.25, 0.3) is 5.56 Å². The summed E-state index contributed by atoms with van der Waals surface area (Å²) in [5, 5.41) is 3.50. The van der Waals surface area contributed by atoms with Gasteiger partial charge in [-0.2, -0.15) is 0 Å². The van der Waals surface area contributed by atoms with Crippen molar-refractivity contribution in [1.29, 1.82) is 0 Å². The summed E-state index contributed by atoms with van der Waals surface area (Å²) < 4.78 is 12.9. The molecule has 1 atom stereocenters. The van der Waals surface area contributed by atoms with E-state index >= 15 is 0 Å². The van der Waals surface area contributed by atoms with Gasteiger partial charge in [-0.25, -0.2) is 15.0 Å². The molecule has 10 heteroatoms. The van der Waals surface area contributed by atoms with Gasteiger partial charge < -0.3 is 19.7 Å². The minimum Gasteiger partial charge on any atom is -0.457 e. The Kier molecular flexibility index (Phi) is 6.82. The summed E-state index contributed by atoms with van der Waals surface area (Å²) in [7, 11) is 3.44. The Morgan fingerprint density at radius 3 is 2.78 bits per heavy atom. The van der Waals surface area contributed by atoms with Crippen molar-refractivity contribution in [1.82, 2.24) is 19.5 Å². The third-order valence-electron chi connectivity index (χ3n) is 6.35. The van der Waals surface area contributed by atoms with Gasteiger partial charge in [-0.1, -0.05) is 6.07 Å². The Labute approximate surface area is 213 Å². The monoisotopic (exact) mass is 500 g/mol. The lowest BCUT2D eigenvalue weighted by atomic mass is 10.1. The summed E-state index contributed by atoms with van der Waals surface area (Å²) >= 11 is 0. The molecule has 1 amide bonds. The predicted molar refractivity (Wildman–Crippen MR) is 141 cm³/mol. The minimum atomic E-state index is -0.205. The number of anilines is 2. The molecule has 0 bridgehead atoms. The van der Waals surface area contributed by atoms with E-state index < -0.39 is 0 Å². The molecule has 0 radical (unpaired) electrons. The number of rotatable bonds is 7. The number of methoxy groups -OCH3 is 1. The number of benzene rings is 1. The van der Waals surface area contributed by atoms with Gasteiger partial charge in [-0.3, -0.25) is 14.2 Å². The fourth-order valence-electron chi connectivity index (χ4n) is 4.62. The zero-order valence-corrected chi connectivity index (χ0v) is 21.0. The number of hydrogen-bond acceptors (Lipinski definition) is 8. The van der Waals surface area contributed by atoms with E-state index in [-0.39, 0.29) is 17.5 Å². The van der Waals surface area contributed by atoms with Crippen molar-refractivity contribution >= 4 is 28.6 Å². The number of fused-ring (bicyclic) bond motifs is 1. The maximum absolute atomic E-state index is 13.3. The molecule has 1 aliphatic heterocycles. The first kappa shape index (κ1) is 24.4. The van der Waals surface area contributed by atoms with Crippen molar-refractivity contribution in [2.75, 3.05) is 30.5 Å².